The Kier molecular flexibility index (Phi) is 60.0. The number of nitrogens with two attached hydrogens (primary N) is 6. The quantitative estimate of drug-likeness (QED) is 0.0108. The molecule has 0 unspecified atom stereocenters. The van der Waals surface area contributed by atoms with Crippen LogP contribution in [0.2, 0.25) is 0 Å². The highest BCUT2D eigenvalue weighted by molar-refractivity contribution is 5.74. The van der Waals surface area contributed by atoms with Gasteiger partial charge < -0.3 is 132 Å². The van der Waals surface area contributed by atoms with Crippen LogP contribution in [0.15, 0.2) is 127 Å². The Hall–Kier alpha value is -8.77. The first kappa shape index (κ1) is 109. The van der Waals surface area contributed by atoms with Crippen molar-refractivity contribution in [2.75, 3.05) is 13.2 Å². The Morgan fingerprint density at radius 2 is 0.750 bits per heavy atom. The number of hydrogen-bond donors (Lipinski definition) is 18. The number of carboxylic acid groups (broad SMARTS) is 6. The Morgan fingerprint density at radius 3 is 1.18 bits per heavy atom. The van der Waals surface area contributed by atoms with Gasteiger partial charge in [0.2, 0.25) is 17.5 Å². The van der Waals surface area contributed by atoms with Crippen molar-refractivity contribution in [3.63, 3.8) is 0 Å². The van der Waals surface area contributed by atoms with Crippen molar-refractivity contribution in [1.82, 2.24) is 0 Å². The maximum absolute atomic E-state index is 10.4. The average Bonchev–Trinajstić information content (AvgIpc) is 1.70. The number of amidine groups is 3. The number of aryl methyl sites for hydroxylation is 1. The molecular weight excluding hydrogens is 1550 g/mol. The molecule has 6 rings (SSSR count). The van der Waals surface area contributed by atoms with Crippen molar-refractivity contribution < 1.29 is 148 Å². The minimum atomic E-state index is -1.10. The van der Waals surface area contributed by atoms with E-state index in [1.54, 1.807) is 18.2 Å². The van der Waals surface area contributed by atoms with Gasteiger partial charge in [0.05, 0.1) is 66.7 Å². The van der Waals surface area contributed by atoms with Crippen molar-refractivity contribution in [1.29, 1.82) is 0 Å². The summed E-state index contributed by atoms with van der Waals surface area (Å²) in [6, 6.07) is 26.7. The molecule has 3 aliphatic rings. The molecule has 3 aromatic carbocycles. The Bertz CT molecular complexity index is 3300. The van der Waals surface area contributed by atoms with Gasteiger partial charge in [0.25, 0.3) is 0 Å². The lowest BCUT2D eigenvalue weighted by molar-refractivity contribution is -0.438. The van der Waals surface area contributed by atoms with E-state index in [0.29, 0.717) is 132 Å². The number of ether oxygens (including phenoxy) is 2. The third-order valence-electron chi connectivity index (χ3n) is 21.2. The van der Waals surface area contributed by atoms with Gasteiger partial charge in [0.15, 0.2) is 0 Å². The summed E-state index contributed by atoms with van der Waals surface area (Å²) in [4.78, 5) is 61.8. The van der Waals surface area contributed by atoms with Crippen LogP contribution >= 0.6 is 0 Å². The van der Waals surface area contributed by atoms with E-state index in [1.165, 1.54) is 5.56 Å². The number of benzene rings is 3. The van der Waals surface area contributed by atoms with Gasteiger partial charge in [-0.1, -0.05) is 142 Å². The molecule has 18 atom stereocenters. The number of carbonyl (C=O) groups excluding carboxylic acids is 6. The molecule has 0 radical (unpaired) electrons. The smallest absolute Gasteiger partial charge is 0.238 e. The van der Waals surface area contributed by atoms with Gasteiger partial charge in [-0.3, -0.25) is 33.4 Å². The van der Waals surface area contributed by atoms with Gasteiger partial charge in [0.1, 0.15) is 48.9 Å². The van der Waals surface area contributed by atoms with E-state index in [9.17, 15) is 105 Å². The lowest BCUT2D eigenvalue weighted by atomic mass is 9.85. The van der Waals surface area contributed by atoms with Crippen molar-refractivity contribution in [3.8, 4) is 11.5 Å². The number of aliphatic carboxylic acids is 6. The highest BCUT2D eigenvalue weighted by Gasteiger charge is 2.42. The number of unbranched alkanes of at least 4 members (excludes halogenated alkanes) is 10. The molecule has 0 amide bonds. The van der Waals surface area contributed by atoms with Crippen molar-refractivity contribution in [3.05, 3.63) is 133 Å². The first-order chi connectivity index (χ1) is 57.0. The molecule has 0 heterocycles. The molecule has 0 spiro atoms. The number of rotatable bonds is 54. The summed E-state index contributed by atoms with van der Waals surface area (Å²) in [6.07, 6.45) is 27.2. The maximum atomic E-state index is 10.4. The number of allylic oxidation sites excluding steroid dienone is 2. The van der Waals surface area contributed by atoms with Gasteiger partial charge in [-0.05, 0) is 188 Å². The number of aliphatic hydroxyl groups excluding tert-OH is 9. The summed E-state index contributed by atoms with van der Waals surface area (Å²) < 4.78 is 11.1. The number of carbonyl (C=O) groups is 6. The Balaban J connectivity index is 0.000000751. The predicted molar refractivity (Wildman–Crippen MR) is 437 cm³/mol. The topological polar surface area (TPSA) is 679 Å². The van der Waals surface area contributed by atoms with E-state index < -0.39 is 109 Å². The van der Waals surface area contributed by atoms with Gasteiger partial charge in [-0.2, -0.15) is 0 Å². The summed E-state index contributed by atoms with van der Waals surface area (Å²) in [6.45, 7) is 0.313. The van der Waals surface area contributed by atoms with Crippen molar-refractivity contribution in [2.24, 2.45) is 52.7 Å². The van der Waals surface area contributed by atoms with E-state index in [4.69, 9.17) is 42.9 Å². The standard InChI is InChI=1S/C23H34O5.C22H34O6.C22H30O6.3C7H15N3O2/c24-18(13-12-17-8-4-3-5-9-17)14-15-20-19(21(25)16-22(20)26)10-6-1-2-7-11-23(27)28;2*23-16(15-28-17-8-4-3-5-9-17)12-13-19-18(20(24)14-21(19)25)10-6-1-2-7-11-22(26)27;3*8-5(7(11)12)3-1-2-4-6(9)10/h3-5,8-9,14-15,18-22,24-26H,1-2,6-7,10-13,16H2,(H,27,28);3-5,8-9,16,18-21,23-25H,1-2,6-7,10-15H2,(H,26,27);1,3-6,8-9,12-13,16,18-21,23-25H,2,7,10-11,14-15H2,(H,26,27);3*5H,1-4,8H2,(H3,9,10)(H,11,12)/b15-14+;;6-1-,13-12+;;;/t18-,19+,20+,21-,22+;2*16-,18-,19-,20+,21-;3*5-/m011000/s1. The number of carboxylic acids is 6. The van der Waals surface area contributed by atoms with Crippen LogP contribution in [-0.2, 0) is 35.2 Å². The third-order valence-corrected chi connectivity index (χ3v) is 21.2. The van der Waals surface area contributed by atoms with Crippen LogP contribution in [0.4, 0.5) is 0 Å². The number of aliphatic hydroxyl groups is 9. The second-order valence-electron chi connectivity index (χ2n) is 31.5. The Morgan fingerprint density at radius 1 is 0.400 bits per heavy atom. The van der Waals surface area contributed by atoms with Crippen LogP contribution < -0.4 is 90.7 Å². The van der Waals surface area contributed by atoms with Crippen LogP contribution in [0.5, 0.6) is 11.5 Å². The lowest BCUT2D eigenvalue weighted by Gasteiger charge is -2.24. The molecule has 3 fully saturated rings. The van der Waals surface area contributed by atoms with Crippen LogP contribution in [0.25, 0.3) is 0 Å². The molecule has 120 heavy (non-hydrogen) atoms. The second-order valence-corrected chi connectivity index (χ2v) is 31.5. The highest BCUT2D eigenvalue weighted by atomic mass is 16.5. The Labute approximate surface area is 706 Å². The SMILES string of the molecule is NC(=[NH2+])CCCC[C@H]([NH3+])C(=O)[O-].NC(=[NH2+])CCCC[C@H]([NH3+])C(=O)[O-].NC(=[NH2+])CCCC[C@H]([NH3+])C(=O)[O-].O=C([O-])CCC/C=C\C[C@@H]1[C@@H](/C=C/[C@@H](O)COc2ccccc2)[C@H](O)C[C@@H]1O.O=C([O-])CCCCCC[C@@H]1[C@@H](/C=C/[C@@H](O)CCc2ccccc2)[C@H](O)C[C@@H]1O.O=C([O-])CCCCCC[C@@H]1[C@@H](CC[C@@H](O)COc2ccccc2)[C@H](O)C[C@@H]1O. The number of quaternary nitrogens is 3. The molecule has 0 saturated heterocycles. The van der Waals surface area contributed by atoms with Crippen LogP contribution in [0.1, 0.15) is 224 Å². The molecule has 0 aliphatic heterocycles. The van der Waals surface area contributed by atoms with E-state index in [0.717, 1.165) is 102 Å². The molecule has 32 nitrogen and oxygen atoms in total. The first-order valence-corrected chi connectivity index (χ1v) is 42.4. The maximum Gasteiger partial charge on any atom is 0.238 e. The first-order valence-electron chi connectivity index (χ1n) is 42.4. The van der Waals surface area contributed by atoms with Crippen molar-refractivity contribution >= 4 is 53.3 Å². The zero-order valence-corrected chi connectivity index (χ0v) is 70.0. The zero-order chi connectivity index (χ0) is 89.7. The molecule has 0 aromatic heterocycles. The molecule has 3 aromatic rings. The second kappa shape index (κ2) is 65.9. The van der Waals surface area contributed by atoms with Gasteiger partial charge in [-0.15, -0.1) is 0 Å². The van der Waals surface area contributed by atoms with E-state index in [2.05, 4.69) is 17.2 Å². The lowest BCUT2D eigenvalue weighted by Crippen LogP contribution is -2.68. The minimum Gasteiger partial charge on any atom is -0.550 e. The summed E-state index contributed by atoms with van der Waals surface area (Å²) >= 11 is 0. The van der Waals surface area contributed by atoms with Gasteiger partial charge in [0, 0.05) is 81.1 Å². The highest BCUT2D eigenvalue weighted by Crippen LogP contribution is 2.41. The summed E-state index contributed by atoms with van der Waals surface area (Å²) in [5.74, 6) is -4.36. The molecule has 32 heteroatoms. The normalized spacial score (nSPS) is 21.8. The fraction of sp³-hybridized carbons (Fsp3) is 0.625. The number of hydrogen-bond acceptors (Lipinski definition) is 23. The van der Waals surface area contributed by atoms with E-state index in [1.807, 2.05) is 109 Å². The monoisotopic (exact) mass is 1690 g/mol. The van der Waals surface area contributed by atoms with E-state index >= 15 is 0 Å². The van der Waals surface area contributed by atoms with Crippen molar-refractivity contribution in [2.45, 2.75) is 298 Å². The molecular formula is C88H143N9O23. The summed E-state index contributed by atoms with van der Waals surface area (Å²) in [5, 5.41) is 170. The zero-order valence-electron chi connectivity index (χ0n) is 70.0. The summed E-state index contributed by atoms with van der Waals surface area (Å²) in [7, 11) is 0. The summed E-state index contributed by atoms with van der Waals surface area (Å²) in [5.41, 5.74) is 27.1. The molecule has 3 saturated carbocycles. The molecule has 0 bridgehead atoms. The number of para-hydroxylation sites is 2. The fourth-order valence-electron chi connectivity index (χ4n) is 14.2. The van der Waals surface area contributed by atoms with Gasteiger partial charge >= 0.3 is 0 Å². The molecule has 30 N–H and O–H groups in total. The van der Waals surface area contributed by atoms with Crippen LogP contribution in [0.3, 0.4) is 0 Å². The van der Waals surface area contributed by atoms with Crippen LogP contribution in [0, 0.1) is 35.5 Å². The average molecular weight is 1700 g/mol. The predicted octanol–water partition coefficient (Wildman–Crippen LogP) is -7.08. The molecule has 3 aliphatic carbocycles. The van der Waals surface area contributed by atoms with Gasteiger partial charge in [-0.25, -0.2) is 0 Å². The minimum absolute atomic E-state index is 0.0197. The van der Waals surface area contributed by atoms with E-state index in [-0.39, 0.29) is 68.0 Å². The largest absolute Gasteiger partial charge is 0.550 e. The van der Waals surface area contributed by atoms with Crippen LogP contribution in [-0.4, -0.2) is 186 Å². The fourth-order valence-corrected chi connectivity index (χ4v) is 14.2. The molecule has 678 valence electrons. The third kappa shape index (κ3) is 54.5.